The van der Waals surface area contributed by atoms with Crippen LogP contribution < -0.4 is 15.2 Å². The molecular weight excluding hydrogens is 306 g/mol. The maximum atomic E-state index is 5.84. The van der Waals surface area contributed by atoms with E-state index in [2.05, 4.69) is 22.5 Å². The lowest BCUT2D eigenvalue weighted by atomic mass is 10.1. The van der Waals surface area contributed by atoms with E-state index >= 15 is 0 Å². The number of hydrogen-bond donors (Lipinski definition) is 1. The molecule has 106 valence electrons. The van der Waals surface area contributed by atoms with Crippen LogP contribution in [0.5, 0.6) is 11.5 Å². The Balaban J connectivity index is 2.96. The average molecular weight is 328 g/mol. The fourth-order valence-corrected chi connectivity index (χ4v) is 2.36. The number of nitrogens with two attached hydrogens (primary N) is 1. The van der Waals surface area contributed by atoms with Crippen LogP contribution in [0.25, 0.3) is 0 Å². The first-order valence-electron chi connectivity index (χ1n) is 6.53. The first-order valence-corrected chi connectivity index (χ1v) is 7.32. The van der Waals surface area contributed by atoms with Crippen molar-refractivity contribution in [1.29, 1.82) is 0 Å². The molecule has 1 unspecified atom stereocenters. The van der Waals surface area contributed by atoms with Gasteiger partial charge in [0.05, 0.1) is 17.7 Å². The van der Waals surface area contributed by atoms with Crippen LogP contribution >= 0.6 is 15.9 Å². The first-order chi connectivity index (χ1) is 9.08. The Bertz CT molecular complexity index is 419. The molecule has 1 atom stereocenters. The highest BCUT2D eigenvalue weighted by Crippen LogP contribution is 2.37. The summed E-state index contributed by atoms with van der Waals surface area (Å²) in [4.78, 5) is 0. The minimum absolute atomic E-state index is 0.119. The molecule has 3 nitrogen and oxygen atoms in total. The van der Waals surface area contributed by atoms with Gasteiger partial charge >= 0.3 is 0 Å². The van der Waals surface area contributed by atoms with Crippen LogP contribution in [0.3, 0.4) is 0 Å². The summed E-state index contributed by atoms with van der Waals surface area (Å²) in [6, 6.07) is 4.16. The van der Waals surface area contributed by atoms with Gasteiger partial charge in [0.15, 0.2) is 11.5 Å². The summed E-state index contributed by atoms with van der Waals surface area (Å²) in [5.41, 5.74) is 6.98. The second-order valence-electron chi connectivity index (χ2n) is 4.45. The van der Waals surface area contributed by atoms with Gasteiger partial charge in [0, 0.05) is 6.04 Å². The minimum atomic E-state index is 0.119. The van der Waals surface area contributed by atoms with E-state index in [9.17, 15) is 0 Å². The predicted octanol–water partition coefficient (Wildman–Crippen LogP) is 3.69. The Morgan fingerprint density at radius 3 is 2.74 bits per heavy atom. The highest BCUT2D eigenvalue weighted by molar-refractivity contribution is 9.10. The molecular formula is C15H22BrNO2. The Morgan fingerprint density at radius 2 is 2.16 bits per heavy atom. The maximum absolute atomic E-state index is 5.84. The number of hydrogen-bond acceptors (Lipinski definition) is 3. The van der Waals surface area contributed by atoms with Crippen molar-refractivity contribution in [3.05, 3.63) is 34.8 Å². The van der Waals surface area contributed by atoms with Crippen LogP contribution in [0.1, 0.15) is 25.8 Å². The molecule has 0 spiro atoms. The standard InChI is InChI=1S/C15H22BrNO2/c1-4-6-7-19-15-13(16)9-12(8-11(3)17)10-14(15)18-5-2/h4,9-11H,1,5-8,17H2,2-3H3. The van der Waals surface area contributed by atoms with Crippen LogP contribution in [0, 0.1) is 0 Å². The molecule has 1 aromatic rings. The third kappa shape index (κ3) is 5.25. The quantitative estimate of drug-likeness (QED) is 0.585. The smallest absolute Gasteiger partial charge is 0.175 e. The van der Waals surface area contributed by atoms with E-state index in [1.165, 1.54) is 0 Å². The van der Waals surface area contributed by atoms with Gasteiger partial charge in [0.25, 0.3) is 0 Å². The van der Waals surface area contributed by atoms with Gasteiger partial charge in [-0.1, -0.05) is 6.08 Å². The Morgan fingerprint density at radius 1 is 1.42 bits per heavy atom. The van der Waals surface area contributed by atoms with E-state index in [4.69, 9.17) is 15.2 Å². The van der Waals surface area contributed by atoms with Gasteiger partial charge in [-0.2, -0.15) is 0 Å². The maximum Gasteiger partial charge on any atom is 0.175 e. The lowest BCUT2D eigenvalue weighted by molar-refractivity contribution is 0.279. The molecule has 0 amide bonds. The number of ether oxygens (including phenoxy) is 2. The molecule has 0 aliphatic rings. The summed E-state index contributed by atoms with van der Waals surface area (Å²) in [5.74, 6) is 1.51. The van der Waals surface area contributed by atoms with Crippen molar-refractivity contribution in [1.82, 2.24) is 0 Å². The van der Waals surface area contributed by atoms with Gasteiger partial charge < -0.3 is 15.2 Å². The monoisotopic (exact) mass is 327 g/mol. The fraction of sp³-hybridized carbons (Fsp3) is 0.467. The molecule has 0 saturated carbocycles. The van der Waals surface area contributed by atoms with Gasteiger partial charge in [-0.05, 0) is 60.3 Å². The van der Waals surface area contributed by atoms with E-state index in [1.807, 2.05) is 32.1 Å². The minimum Gasteiger partial charge on any atom is -0.490 e. The molecule has 2 N–H and O–H groups in total. The summed E-state index contributed by atoms with van der Waals surface area (Å²) in [7, 11) is 0. The average Bonchev–Trinajstić information content (AvgIpc) is 2.32. The molecule has 1 aromatic carbocycles. The fourth-order valence-electron chi connectivity index (χ4n) is 1.76. The molecule has 0 heterocycles. The van der Waals surface area contributed by atoms with Gasteiger partial charge in [-0.25, -0.2) is 0 Å². The molecule has 0 aromatic heterocycles. The molecule has 0 bridgehead atoms. The van der Waals surface area contributed by atoms with Crippen LogP contribution in [-0.2, 0) is 6.42 Å². The van der Waals surface area contributed by atoms with Crippen molar-refractivity contribution in [2.45, 2.75) is 32.7 Å². The van der Waals surface area contributed by atoms with Crippen LogP contribution in [0.4, 0.5) is 0 Å². The van der Waals surface area contributed by atoms with Gasteiger partial charge in [0.1, 0.15) is 0 Å². The van der Waals surface area contributed by atoms with Crippen molar-refractivity contribution in [3.8, 4) is 11.5 Å². The Kier molecular flexibility index (Phi) is 6.95. The van der Waals surface area contributed by atoms with Gasteiger partial charge in [-0.15, -0.1) is 6.58 Å². The van der Waals surface area contributed by atoms with Crippen LogP contribution in [0.15, 0.2) is 29.3 Å². The largest absolute Gasteiger partial charge is 0.490 e. The van der Waals surface area contributed by atoms with Crippen molar-refractivity contribution >= 4 is 15.9 Å². The Hall–Kier alpha value is -1.00. The predicted molar refractivity (Wildman–Crippen MR) is 83.0 cm³/mol. The molecule has 19 heavy (non-hydrogen) atoms. The lowest BCUT2D eigenvalue weighted by Gasteiger charge is -2.16. The van der Waals surface area contributed by atoms with E-state index in [0.717, 1.165) is 34.4 Å². The first kappa shape index (κ1) is 16.1. The number of benzene rings is 1. The molecule has 0 aliphatic carbocycles. The summed E-state index contributed by atoms with van der Waals surface area (Å²) < 4.78 is 12.3. The molecule has 0 saturated heterocycles. The molecule has 4 heteroatoms. The van der Waals surface area contributed by atoms with E-state index < -0.39 is 0 Å². The van der Waals surface area contributed by atoms with Crippen molar-refractivity contribution in [2.24, 2.45) is 5.73 Å². The zero-order valence-electron chi connectivity index (χ0n) is 11.6. The van der Waals surface area contributed by atoms with E-state index in [0.29, 0.717) is 13.2 Å². The summed E-state index contributed by atoms with van der Waals surface area (Å²) in [6.45, 7) is 8.82. The molecule has 0 aliphatic heterocycles. The van der Waals surface area contributed by atoms with E-state index in [1.54, 1.807) is 0 Å². The van der Waals surface area contributed by atoms with Gasteiger partial charge in [-0.3, -0.25) is 0 Å². The molecule has 0 fully saturated rings. The lowest BCUT2D eigenvalue weighted by Crippen LogP contribution is -2.17. The highest BCUT2D eigenvalue weighted by Gasteiger charge is 2.12. The Labute approximate surface area is 123 Å². The number of rotatable bonds is 8. The second-order valence-corrected chi connectivity index (χ2v) is 5.30. The summed E-state index contributed by atoms with van der Waals surface area (Å²) in [5, 5.41) is 0. The summed E-state index contributed by atoms with van der Waals surface area (Å²) >= 11 is 3.54. The third-order valence-electron chi connectivity index (χ3n) is 2.50. The molecule has 0 radical (unpaired) electrons. The zero-order chi connectivity index (χ0) is 14.3. The van der Waals surface area contributed by atoms with Crippen LogP contribution in [0.2, 0.25) is 0 Å². The van der Waals surface area contributed by atoms with Gasteiger partial charge in [0.2, 0.25) is 0 Å². The van der Waals surface area contributed by atoms with Crippen molar-refractivity contribution in [2.75, 3.05) is 13.2 Å². The van der Waals surface area contributed by atoms with Crippen molar-refractivity contribution in [3.63, 3.8) is 0 Å². The normalized spacial score (nSPS) is 12.0. The third-order valence-corrected chi connectivity index (χ3v) is 3.08. The number of halogens is 1. The highest BCUT2D eigenvalue weighted by atomic mass is 79.9. The topological polar surface area (TPSA) is 44.5 Å². The zero-order valence-corrected chi connectivity index (χ0v) is 13.2. The second kappa shape index (κ2) is 8.23. The SMILES string of the molecule is C=CCCOc1c(Br)cc(CC(C)N)cc1OCC. The van der Waals surface area contributed by atoms with Crippen LogP contribution in [-0.4, -0.2) is 19.3 Å². The van der Waals surface area contributed by atoms with E-state index in [-0.39, 0.29) is 6.04 Å². The summed E-state index contributed by atoms with van der Waals surface area (Å²) in [6.07, 6.45) is 3.45. The van der Waals surface area contributed by atoms with Crippen molar-refractivity contribution < 1.29 is 9.47 Å². The molecule has 1 rings (SSSR count).